The Bertz CT molecular complexity index is 901. The third-order valence-corrected chi connectivity index (χ3v) is 5.66. The molecule has 0 spiro atoms. The predicted molar refractivity (Wildman–Crippen MR) is 108 cm³/mol. The Morgan fingerprint density at radius 2 is 1.32 bits per heavy atom. The number of hydrogen-bond donors (Lipinski definition) is 0. The number of benzene rings is 2. The molecule has 2 aromatic carbocycles. The SMILES string of the molecule is O=S(=O)(F)c1ccc(N=Nc2ccc(N3CCN(C([S-])[S-])CC3)cc2)cc1.[Au]. The van der Waals surface area contributed by atoms with Gasteiger partial charge in [-0.15, -0.1) is 3.89 Å². The zero-order valence-corrected chi connectivity index (χ0v) is 19.2. The summed E-state index contributed by atoms with van der Waals surface area (Å²) < 4.78 is 34.2. The van der Waals surface area contributed by atoms with Crippen molar-refractivity contribution in [1.29, 1.82) is 0 Å². The van der Waals surface area contributed by atoms with Gasteiger partial charge in [-0.05, 0) is 48.5 Å². The van der Waals surface area contributed by atoms with Crippen molar-refractivity contribution in [2.75, 3.05) is 31.1 Å². The maximum atomic E-state index is 12.9. The van der Waals surface area contributed by atoms with Crippen LogP contribution in [-0.2, 0) is 57.9 Å². The van der Waals surface area contributed by atoms with Gasteiger partial charge in [0.1, 0.15) is 0 Å². The minimum Gasteiger partial charge on any atom is -0.800 e. The first-order chi connectivity index (χ1) is 12.8. The van der Waals surface area contributed by atoms with E-state index in [-0.39, 0.29) is 27.1 Å². The molecule has 0 N–H and O–H groups in total. The summed E-state index contributed by atoms with van der Waals surface area (Å²) in [5, 5.41) is 8.15. The van der Waals surface area contributed by atoms with Gasteiger partial charge in [0.2, 0.25) is 0 Å². The van der Waals surface area contributed by atoms with Crippen LogP contribution in [0, 0.1) is 0 Å². The van der Waals surface area contributed by atoms with Crippen LogP contribution in [0.1, 0.15) is 0 Å². The molecule has 0 unspecified atom stereocenters. The van der Waals surface area contributed by atoms with Gasteiger partial charge in [0, 0.05) is 54.2 Å². The van der Waals surface area contributed by atoms with Crippen LogP contribution < -0.4 is 4.90 Å². The number of anilines is 1. The molecule has 3 rings (SSSR count). The molecule has 1 heterocycles. The van der Waals surface area contributed by atoms with Crippen molar-refractivity contribution >= 4 is 52.5 Å². The molecule has 0 amide bonds. The molecule has 0 aromatic heterocycles. The Hall–Kier alpha value is -0.880. The quantitative estimate of drug-likeness (QED) is 0.221. The van der Waals surface area contributed by atoms with Crippen molar-refractivity contribution < 1.29 is 34.7 Å². The van der Waals surface area contributed by atoms with Gasteiger partial charge in [-0.3, -0.25) is 0 Å². The molecule has 0 atom stereocenters. The summed E-state index contributed by atoms with van der Waals surface area (Å²) in [6.07, 6.45) is 0. The molecule has 1 aliphatic heterocycles. The molecule has 1 aliphatic rings. The van der Waals surface area contributed by atoms with Crippen molar-refractivity contribution in [2.45, 2.75) is 9.60 Å². The second-order valence-electron chi connectivity index (χ2n) is 5.98. The number of halogens is 1. The molecular formula is C17H17AuFN4O2S3-2. The number of azo groups is 1. The zero-order valence-electron chi connectivity index (χ0n) is 14.5. The van der Waals surface area contributed by atoms with E-state index in [9.17, 15) is 12.3 Å². The summed E-state index contributed by atoms with van der Waals surface area (Å²) in [5.41, 5.74) is 2.19. The van der Waals surface area contributed by atoms with E-state index in [2.05, 4.69) is 20.0 Å². The van der Waals surface area contributed by atoms with Gasteiger partial charge in [-0.1, -0.05) is 0 Å². The standard InChI is InChI=1S/C17H19FN4O2S3.Au/c18-27(23,24)16-7-3-14(4-8-16)20-19-13-1-5-15(6-2-13)21-9-11-22(12-10-21)17(25)26;/h1-8,17,25-26H,9-12H2;/p-2. The van der Waals surface area contributed by atoms with Gasteiger partial charge in [0.15, 0.2) is 0 Å². The fourth-order valence-electron chi connectivity index (χ4n) is 2.71. The van der Waals surface area contributed by atoms with Crippen molar-refractivity contribution in [3.05, 3.63) is 48.5 Å². The summed E-state index contributed by atoms with van der Waals surface area (Å²) in [7, 11) is -4.70. The van der Waals surface area contributed by atoms with Gasteiger partial charge in [0.05, 0.1) is 16.3 Å². The van der Waals surface area contributed by atoms with Crippen molar-refractivity contribution in [3.63, 3.8) is 0 Å². The number of piperazine rings is 1. The van der Waals surface area contributed by atoms with E-state index in [1.807, 2.05) is 24.3 Å². The van der Waals surface area contributed by atoms with Crippen LogP contribution in [0.15, 0.2) is 63.7 Å². The first kappa shape index (κ1) is 23.4. The molecule has 28 heavy (non-hydrogen) atoms. The van der Waals surface area contributed by atoms with Gasteiger partial charge in [0.25, 0.3) is 0 Å². The first-order valence-electron chi connectivity index (χ1n) is 8.20. The minimum atomic E-state index is -4.70. The fourth-order valence-corrected chi connectivity index (χ4v) is 3.59. The third kappa shape index (κ3) is 6.31. The molecule has 2 aromatic rings. The molecule has 1 radical (unpaired) electrons. The molecular weight excluding hydrogens is 604 g/mol. The van der Waals surface area contributed by atoms with E-state index < -0.39 is 15.1 Å². The van der Waals surface area contributed by atoms with Crippen LogP contribution >= 0.6 is 0 Å². The summed E-state index contributed by atoms with van der Waals surface area (Å²) in [6, 6.07) is 12.8. The molecule has 0 aliphatic carbocycles. The molecule has 0 bridgehead atoms. The normalized spacial score (nSPS) is 15.8. The first-order valence-corrected chi connectivity index (χ1v) is 10.5. The Morgan fingerprint density at radius 1 is 0.857 bits per heavy atom. The van der Waals surface area contributed by atoms with Gasteiger partial charge < -0.3 is 35.1 Å². The monoisotopic (exact) mass is 621 g/mol. The second-order valence-corrected chi connectivity index (χ2v) is 8.52. The number of nitrogens with zero attached hydrogens (tertiary/aromatic N) is 4. The second kappa shape index (κ2) is 10.2. The van der Waals surface area contributed by atoms with Crippen molar-refractivity contribution in [2.24, 2.45) is 10.2 Å². The van der Waals surface area contributed by atoms with Crippen molar-refractivity contribution in [3.8, 4) is 0 Å². The van der Waals surface area contributed by atoms with Crippen LogP contribution in [0.3, 0.4) is 0 Å². The van der Waals surface area contributed by atoms with Crippen LogP contribution in [0.2, 0.25) is 0 Å². The van der Waals surface area contributed by atoms with Gasteiger partial charge >= 0.3 is 10.2 Å². The Balaban J connectivity index is 0.00000280. The maximum Gasteiger partial charge on any atom is 0.332 e. The van der Waals surface area contributed by atoms with Crippen LogP contribution in [0.5, 0.6) is 0 Å². The minimum absolute atomic E-state index is 0. The fraction of sp³-hybridized carbons (Fsp3) is 0.294. The molecule has 11 heteroatoms. The Labute approximate surface area is 190 Å². The predicted octanol–water partition coefficient (Wildman–Crippen LogP) is 3.26. The Morgan fingerprint density at radius 3 is 1.75 bits per heavy atom. The molecule has 1 fully saturated rings. The summed E-state index contributed by atoms with van der Waals surface area (Å²) in [5.74, 6) is 0. The molecule has 1 saturated heterocycles. The average molecular weight is 622 g/mol. The maximum absolute atomic E-state index is 12.9. The number of hydrogen-bond acceptors (Lipinski definition) is 8. The van der Waals surface area contributed by atoms with E-state index in [1.54, 1.807) is 0 Å². The van der Waals surface area contributed by atoms with Crippen LogP contribution in [0.25, 0.3) is 0 Å². The topological polar surface area (TPSA) is 65.3 Å². The zero-order chi connectivity index (χ0) is 19.4. The summed E-state index contributed by atoms with van der Waals surface area (Å²) >= 11 is 10.2. The van der Waals surface area contributed by atoms with Crippen molar-refractivity contribution in [1.82, 2.24) is 4.90 Å². The van der Waals surface area contributed by atoms with E-state index >= 15 is 0 Å². The average Bonchev–Trinajstić information content (AvgIpc) is 2.66. The van der Waals surface area contributed by atoms with Crippen LogP contribution in [-0.4, -0.2) is 44.2 Å². The van der Waals surface area contributed by atoms with Crippen LogP contribution in [0.4, 0.5) is 20.9 Å². The smallest absolute Gasteiger partial charge is 0.332 e. The molecule has 0 saturated carbocycles. The van der Waals surface area contributed by atoms with E-state index in [0.717, 1.165) is 44.0 Å². The Kier molecular flexibility index (Phi) is 8.56. The molecule has 6 nitrogen and oxygen atoms in total. The third-order valence-electron chi connectivity index (χ3n) is 4.23. The van der Waals surface area contributed by atoms with Gasteiger partial charge in [-0.2, -0.15) is 18.6 Å². The van der Waals surface area contributed by atoms with E-state index in [0.29, 0.717) is 11.4 Å². The number of rotatable bonds is 5. The van der Waals surface area contributed by atoms with E-state index in [4.69, 9.17) is 25.3 Å². The summed E-state index contributed by atoms with van der Waals surface area (Å²) in [6.45, 7) is 3.44. The van der Waals surface area contributed by atoms with E-state index in [1.165, 1.54) is 12.1 Å². The molecule has 155 valence electrons. The summed E-state index contributed by atoms with van der Waals surface area (Å²) in [4.78, 5) is 3.97. The van der Waals surface area contributed by atoms with Gasteiger partial charge in [-0.25, -0.2) is 4.71 Å². The largest absolute Gasteiger partial charge is 0.800 e.